The van der Waals surface area contributed by atoms with Gasteiger partial charge in [-0.1, -0.05) is 23.7 Å². The molecule has 1 N–H and O–H groups in total. The van der Waals surface area contributed by atoms with E-state index in [-0.39, 0.29) is 5.02 Å². The number of hydrogen-bond acceptors (Lipinski definition) is 2. The van der Waals surface area contributed by atoms with E-state index in [1.807, 2.05) is 13.0 Å². The Bertz CT molecular complexity index is 853. The second-order valence-electron chi connectivity index (χ2n) is 5.89. The predicted octanol–water partition coefficient (Wildman–Crippen LogP) is 5.05. The largest absolute Gasteiger partial charge is 0.418 e. The van der Waals surface area contributed by atoms with Gasteiger partial charge in [-0.25, -0.2) is 0 Å². The topological polar surface area (TPSA) is 49.4 Å². The van der Waals surface area contributed by atoms with E-state index in [0.29, 0.717) is 12.2 Å². The summed E-state index contributed by atoms with van der Waals surface area (Å²) in [5, 5.41) is 2.05. The molecule has 0 saturated carbocycles. The van der Waals surface area contributed by atoms with Gasteiger partial charge in [0.2, 0.25) is 11.8 Å². The summed E-state index contributed by atoms with van der Waals surface area (Å²) in [6.45, 7) is 3.94. The molecule has 0 bridgehead atoms. The van der Waals surface area contributed by atoms with Crippen LogP contribution in [0.2, 0.25) is 5.02 Å². The van der Waals surface area contributed by atoms with E-state index in [9.17, 15) is 22.8 Å². The van der Waals surface area contributed by atoms with Crippen LogP contribution in [0.25, 0.3) is 0 Å². The van der Waals surface area contributed by atoms with Crippen molar-refractivity contribution >= 4 is 34.8 Å². The van der Waals surface area contributed by atoms with Crippen molar-refractivity contribution in [2.45, 2.75) is 26.4 Å². The standard InChI is InChI=1S/C19H18ClF3N2O2/c1-3-25(14-6-4-5-12(2)9-14)18(27)11-17(26)24-16-8-7-13(20)10-15(16)19(21,22)23/h4-10H,3,11H2,1-2H3,(H,24,26). The van der Waals surface area contributed by atoms with Crippen molar-refractivity contribution in [1.82, 2.24) is 0 Å². The molecular weight excluding hydrogens is 381 g/mol. The van der Waals surface area contributed by atoms with Crippen LogP contribution < -0.4 is 10.2 Å². The zero-order chi connectivity index (χ0) is 20.2. The second kappa shape index (κ2) is 8.43. The van der Waals surface area contributed by atoms with Gasteiger partial charge in [0, 0.05) is 17.3 Å². The summed E-state index contributed by atoms with van der Waals surface area (Å²) < 4.78 is 39.3. The Morgan fingerprint density at radius 1 is 1.15 bits per heavy atom. The summed E-state index contributed by atoms with van der Waals surface area (Å²) in [5.41, 5.74) is 0.0575. The molecule has 0 radical (unpaired) electrons. The number of amides is 2. The Kier molecular flexibility index (Phi) is 6.49. The van der Waals surface area contributed by atoms with Crippen LogP contribution in [0.4, 0.5) is 24.5 Å². The van der Waals surface area contributed by atoms with Gasteiger partial charge in [0.05, 0.1) is 11.3 Å². The third kappa shape index (κ3) is 5.47. The zero-order valence-corrected chi connectivity index (χ0v) is 15.5. The molecule has 27 heavy (non-hydrogen) atoms. The predicted molar refractivity (Wildman–Crippen MR) is 98.9 cm³/mol. The highest BCUT2D eigenvalue weighted by molar-refractivity contribution is 6.30. The van der Waals surface area contributed by atoms with Crippen molar-refractivity contribution in [1.29, 1.82) is 0 Å². The van der Waals surface area contributed by atoms with Gasteiger partial charge in [-0.2, -0.15) is 13.2 Å². The molecule has 0 unspecified atom stereocenters. The first-order chi connectivity index (χ1) is 12.6. The molecule has 0 saturated heterocycles. The van der Waals surface area contributed by atoms with Crippen LogP contribution in [0.1, 0.15) is 24.5 Å². The Morgan fingerprint density at radius 3 is 2.44 bits per heavy atom. The number of alkyl halides is 3. The maximum Gasteiger partial charge on any atom is 0.418 e. The van der Waals surface area contributed by atoms with Gasteiger partial charge in [-0.3, -0.25) is 9.59 Å². The minimum atomic E-state index is -4.69. The molecule has 4 nitrogen and oxygen atoms in total. The lowest BCUT2D eigenvalue weighted by atomic mass is 10.1. The van der Waals surface area contributed by atoms with Crippen molar-refractivity contribution in [3.63, 3.8) is 0 Å². The van der Waals surface area contributed by atoms with Crippen molar-refractivity contribution in [2.75, 3.05) is 16.8 Å². The highest BCUT2D eigenvalue weighted by atomic mass is 35.5. The van der Waals surface area contributed by atoms with E-state index in [2.05, 4.69) is 5.32 Å². The second-order valence-corrected chi connectivity index (χ2v) is 6.33. The van der Waals surface area contributed by atoms with E-state index >= 15 is 0 Å². The first-order valence-corrected chi connectivity index (χ1v) is 8.53. The highest BCUT2D eigenvalue weighted by Crippen LogP contribution is 2.36. The van der Waals surface area contributed by atoms with Crippen LogP contribution in [0.15, 0.2) is 42.5 Å². The van der Waals surface area contributed by atoms with E-state index < -0.39 is 35.7 Å². The first-order valence-electron chi connectivity index (χ1n) is 8.15. The third-order valence-electron chi connectivity index (χ3n) is 3.80. The van der Waals surface area contributed by atoms with Crippen molar-refractivity contribution < 1.29 is 22.8 Å². The third-order valence-corrected chi connectivity index (χ3v) is 4.04. The first kappa shape index (κ1) is 20.8. The summed E-state index contributed by atoms with van der Waals surface area (Å²) in [6, 6.07) is 10.2. The monoisotopic (exact) mass is 398 g/mol. The van der Waals surface area contributed by atoms with Gasteiger partial charge < -0.3 is 10.2 Å². The fourth-order valence-corrected chi connectivity index (χ4v) is 2.76. The highest BCUT2D eigenvalue weighted by Gasteiger charge is 2.34. The number of nitrogens with zero attached hydrogens (tertiary/aromatic N) is 1. The summed E-state index contributed by atoms with van der Waals surface area (Å²) in [7, 11) is 0. The number of carbonyl (C=O) groups is 2. The van der Waals surface area contributed by atoms with Crippen LogP contribution in [-0.4, -0.2) is 18.4 Å². The van der Waals surface area contributed by atoms with E-state index in [1.54, 1.807) is 25.1 Å². The number of halogens is 4. The van der Waals surface area contributed by atoms with E-state index in [4.69, 9.17) is 11.6 Å². The number of rotatable bonds is 5. The fraction of sp³-hybridized carbons (Fsp3) is 0.263. The average Bonchev–Trinajstić information content (AvgIpc) is 2.56. The van der Waals surface area contributed by atoms with Gasteiger partial charge >= 0.3 is 6.18 Å². The minimum absolute atomic E-state index is 0.104. The quantitative estimate of drug-likeness (QED) is 0.716. The van der Waals surface area contributed by atoms with Gasteiger partial charge in [-0.15, -0.1) is 0 Å². The minimum Gasteiger partial charge on any atom is -0.325 e. The van der Waals surface area contributed by atoms with Gasteiger partial charge in [0.1, 0.15) is 6.42 Å². The van der Waals surface area contributed by atoms with Crippen LogP contribution >= 0.6 is 11.6 Å². The summed E-state index contributed by atoms with van der Waals surface area (Å²) in [5.74, 6) is -1.35. The van der Waals surface area contributed by atoms with E-state index in [0.717, 1.165) is 17.7 Å². The molecule has 0 atom stereocenters. The molecule has 0 fully saturated rings. The lowest BCUT2D eigenvalue weighted by Crippen LogP contribution is -2.33. The van der Waals surface area contributed by atoms with Crippen LogP contribution in [0.3, 0.4) is 0 Å². The van der Waals surface area contributed by atoms with E-state index in [1.165, 1.54) is 11.0 Å². The molecule has 0 aliphatic carbocycles. The molecule has 2 amide bonds. The Morgan fingerprint density at radius 2 is 1.85 bits per heavy atom. The number of hydrogen-bond donors (Lipinski definition) is 1. The van der Waals surface area contributed by atoms with Gasteiger partial charge in [-0.05, 0) is 49.7 Å². The molecule has 0 aliphatic rings. The number of anilines is 2. The SMILES string of the molecule is CCN(C(=O)CC(=O)Nc1ccc(Cl)cc1C(F)(F)F)c1cccc(C)c1. The molecule has 2 rings (SSSR count). The van der Waals surface area contributed by atoms with Crippen LogP contribution in [0.5, 0.6) is 0 Å². The number of benzene rings is 2. The molecule has 0 spiro atoms. The molecule has 8 heteroatoms. The van der Waals surface area contributed by atoms with Crippen molar-refractivity contribution in [2.24, 2.45) is 0 Å². The summed E-state index contributed by atoms with van der Waals surface area (Å²) in [6.07, 6.45) is -5.27. The van der Waals surface area contributed by atoms with Crippen molar-refractivity contribution in [3.8, 4) is 0 Å². The molecule has 0 aliphatic heterocycles. The molecular formula is C19H18ClF3N2O2. The normalized spacial score (nSPS) is 11.2. The van der Waals surface area contributed by atoms with Crippen LogP contribution in [-0.2, 0) is 15.8 Å². The maximum absolute atomic E-state index is 13.1. The Labute approximate surface area is 159 Å². The number of aryl methyl sites for hydroxylation is 1. The Balaban J connectivity index is 2.15. The molecule has 0 heterocycles. The zero-order valence-electron chi connectivity index (χ0n) is 14.7. The Hall–Kier alpha value is -2.54. The molecule has 2 aromatic rings. The van der Waals surface area contributed by atoms with Crippen molar-refractivity contribution in [3.05, 3.63) is 58.6 Å². The number of carbonyl (C=O) groups excluding carboxylic acids is 2. The van der Waals surface area contributed by atoms with Gasteiger partial charge in [0.25, 0.3) is 0 Å². The summed E-state index contributed by atoms with van der Waals surface area (Å²) >= 11 is 5.61. The smallest absolute Gasteiger partial charge is 0.325 e. The fourth-order valence-electron chi connectivity index (χ4n) is 2.59. The average molecular weight is 399 g/mol. The summed E-state index contributed by atoms with van der Waals surface area (Å²) in [4.78, 5) is 26.0. The maximum atomic E-state index is 13.1. The molecule has 2 aromatic carbocycles. The molecule has 144 valence electrons. The number of nitrogens with one attached hydrogen (secondary N) is 1. The van der Waals surface area contributed by atoms with Gasteiger partial charge in [0.15, 0.2) is 0 Å². The lowest BCUT2D eigenvalue weighted by molar-refractivity contribution is -0.137. The lowest BCUT2D eigenvalue weighted by Gasteiger charge is -2.21. The van der Waals surface area contributed by atoms with Crippen LogP contribution in [0, 0.1) is 6.92 Å². The molecule has 0 aromatic heterocycles.